The zero-order valence-electron chi connectivity index (χ0n) is 10.1. The third-order valence-electron chi connectivity index (χ3n) is 2.36. The summed E-state index contributed by atoms with van der Waals surface area (Å²) >= 11 is 0. The summed E-state index contributed by atoms with van der Waals surface area (Å²) in [5.41, 5.74) is 1.01. The van der Waals surface area contributed by atoms with Gasteiger partial charge in [-0.05, 0) is 24.3 Å². The van der Waals surface area contributed by atoms with Crippen LogP contribution in [-0.2, 0) is 6.61 Å². The maximum atomic E-state index is 13.6. The largest absolute Gasteiger partial charge is 0.487 e. The van der Waals surface area contributed by atoms with E-state index in [4.69, 9.17) is 9.84 Å². The number of benzene rings is 1. The van der Waals surface area contributed by atoms with Crippen molar-refractivity contribution in [2.45, 2.75) is 6.61 Å². The second kappa shape index (κ2) is 6.53. The van der Waals surface area contributed by atoms with Crippen molar-refractivity contribution in [1.29, 1.82) is 0 Å². The van der Waals surface area contributed by atoms with Crippen LogP contribution >= 0.6 is 0 Å². The molecule has 0 aliphatic heterocycles. The van der Waals surface area contributed by atoms with E-state index >= 15 is 0 Å². The van der Waals surface area contributed by atoms with Gasteiger partial charge in [-0.15, -0.1) is 0 Å². The number of hydrogen-bond acceptors (Lipinski definition) is 3. The summed E-state index contributed by atoms with van der Waals surface area (Å²) in [7, 11) is 0. The molecule has 1 aromatic carbocycles. The quantitative estimate of drug-likeness (QED) is 0.857. The van der Waals surface area contributed by atoms with Gasteiger partial charge >= 0.3 is 0 Å². The third-order valence-corrected chi connectivity index (χ3v) is 2.36. The first-order chi connectivity index (χ1) is 9.29. The molecule has 0 aliphatic carbocycles. The lowest BCUT2D eigenvalue weighted by molar-refractivity contribution is 0.299. The second-order valence-electron chi connectivity index (χ2n) is 3.71. The minimum atomic E-state index is -0.473. The van der Waals surface area contributed by atoms with Gasteiger partial charge in [-0.2, -0.15) is 0 Å². The molecule has 0 unspecified atom stereocenters. The van der Waals surface area contributed by atoms with E-state index in [1.165, 1.54) is 12.1 Å². The summed E-state index contributed by atoms with van der Waals surface area (Å²) in [5, 5.41) is 8.56. The predicted molar refractivity (Wildman–Crippen MR) is 68.9 cm³/mol. The van der Waals surface area contributed by atoms with E-state index < -0.39 is 5.82 Å². The first-order valence-corrected chi connectivity index (χ1v) is 5.71. The van der Waals surface area contributed by atoms with Gasteiger partial charge in [0.2, 0.25) is 0 Å². The van der Waals surface area contributed by atoms with Gasteiger partial charge in [0.05, 0.1) is 11.3 Å². The normalized spacial score (nSPS) is 9.58. The van der Waals surface area contributed by atoms with Gasteiger partial charge < -0.3 is 9.84 Å². The molecule has 3 nitrogen and oxygen atoms in total. The highest BCUT2D eigenvalue weighted by molar-refractivity contribution is 5.39. The number of aliphatic hydroxyl groups is 1. The molecule has 0 saturated heterocycles. The van der Waals surface area contributed by atoms with Crippen molar-refractivity contribution in [1.82, 2.24) is 4.98 Å². The van der Waals surface area contributed by atoms with Crippen LogP contribution in [0, 0.1) is 17.7 Å². The van der Waals surface area contributed by atoms with Gasteiger partial charge in [-0.25, -0.2) is 4.39 Å². The van der Waals surface area contributed by atoms with Crippen LogP contribution in [0.2, 0.25) is 0 Å². The van der Waals surface area contributed by atoms with Gasteiger partial charge in [0, 0.05) is 12.3 Å². The lowest BCUT2D eigenvalue weighted by Crippen LogP contribution is -1.98. The topological polar surface area (TPSA) is 42.4 Å². The van der Waals surface area contributed by atoms with Crippen molar-refractivity contribution in [2.75, 3.05) is 6.61 Å². The Morgan fingerprint density at radius 2 is 2.16 bits per heavy atom. The molecule has 19 heavy (non-hydrogen) atoms. The van der Waals surface area contributed by atoms with E-state index in [1.54, 1.807) is 12.3 Å². The number of aliphatic hydroxyl groups excluding tert-OH is 1. The van der Waals surface area contributed by atoms with Crippen LogP contribution in [0.4, 0.5) is 4.39 Å². The fourth-order valence-corrected chi connectivity index (χ4v) is 1.46. The Bertz CT molecular complexity index is 603. The van der Waals surface area contributed by atoms with E-state index in [0.717, 1.165) is 5.69 Å². The number of ether oxygens (including phenoxy) is 1. The molecule has 0 fully saturated rings. The predicted octanol–water partition coefficient (Wildman–Crippen LogP) is 2.14. The molecule has 0 radical (unpaired) electrons. The maximum Gasteiger partial charge on any atom is 0.142 e. The van der Waals surface area contributed by atoms with E-state index in [9.17, 15) is 4.39 Å². The maximum absolute atomic E-state index is 13.6. The number of nitrogens with zero attached hydrogens (tertiary/aromatic N) is 1. The van der Waals surface area contributed by atoms with Crippen molar-refractivity contribution in [3.8, 4) is 17.6 Å². The van der Waals surface area contributed by atoms with Gasteiger partial charge in [-0.1, -0.05) is 17.9 Å². The first-order valence-electron chi connectivity index (χ1n) is 5.71. The molecule has 1 N–H and O–H groups in total. The standard InChI is InChI=1S/C15H12FNO2/c16-15-10-14(7-6-12(15)4-3-9-18)19-11-13-5-1-2-8-17-13/h1-2,5-8,10,18H,9,11H2. The van der Waals surface area contributed by atoms with Crippen LogP contribution in [0.25, 0.3) is 0 Å². The van der Waals surface area contributed by atoms with Crippen LogP contribution in [-0.4, -0.2) is 16.7 Å². The Kier molecular flexibility index (Phi) is 4.49. The lowest BCUT2D eigenvalue weighted by atomic mass is 10.2. The fraction of sp³-hybridized carbons (Fsp3) is 0.133. The van der Waals surface area contributed by atoms with Crippen LogP contribution in [0.3, 0.4) is 0 Å². The molecule has 2 rings (SSSR count). The van der Waals surface area contributed by atoms with Crippen molar-refractivity contribution >= 4 is 0 Å². The molecule has 0 saturated carbocycles. The van der Waals surface area contributed by atoms with E-state index in [0.29, 0.717) is 5.75 Å². The fourth-order valence-electron chi connectivity index (χ4n) is 1.46. The summed E-state index contributed by atoms with van der Waals surface area (Å²) < 4.78 is 19.1. The number of rotatable bonds is 3. The minimum absolute atomic E-state index is 0.235. The van der Waals surface area contributed by atoms with Crippen molar-refractivity contribution < 1.29 is 14.2 Å². The average Bonchev–Trinajstić information content (AvgIpc) is 2.45. The Balaban J connectivity index is 2.04. The van der Waals surface area contributed by atoms with Crippen molar-refractivity contribution in [2.24, 2.45) is 0 Å². The molecule has 0 atom stereocenters. The van der Waals surface area contributed by atoms with Crippen molar-refractivity contribution in [3.05, 3.63) is 59.7 Å². The number of aromatic nitrogens is 1. The monoisotopic (exact) mass is 257 g/mol. The van der Waals surface area contributed by atoms with Crippen LogP contribution in [0.15, 0.2) is 42.6 Å². The van der Waals surface area contributed by atoms with E-state index in [-0.39, 0.29) is 18.8 Å². The highest BCUT2D eigenvalue weighted by atomic mass is 19.1. The Labute approximate surface area is 110 Å². The van der Waals surface area contributed by atoms with Crippen LogP contribution in [0.5, 0.6) is 5.75 Å². The number of pyridine rings is 1. The van der Waals surface area contributed by atoms with Crippen molar-refractivity contribution in [3.63, 3.8) is 0 Å². The molecular weight excluding hydrogens is 245 g/mol. The smallest absolute Gasteiger partial charge is 0.142 e. The Hall–Kier alpha value is -2.38. The van der Waals surface area contributed by atoms with E-state index in [2.05, 4.69) is 16.8 Å². The minimum Gasteiger partial charge on any atom is -0.487 e. The van der Waals surface area contributed by atoms with Gasteiger partial charge in [-0.3, -0.25) is 4.98 Å². The van der Waals surface area contributed by atoms with Gasteiger partial charge in [0.25, 0.3) is 0 Å². The summed E-state index contributed by atoms with van der Waals surface area (Å²) in [6, 6.07) is 9.93. The molecular formula is C15H12FNO2. The average molecular weight is 257 g/mol. The molecule has 4 heteroatoms. The zero-order valence-corrected chi connectivity index (χ0v) is 10.1. The highest BCUT2D eigenvalue weighted by Crippen LogP contribution is 2.17. The molecule has 1 aromatic heterocycles. The molecule has 0 bridgehead atoms. The Morgan fingerprint density at radius 3 is 2.84 bits per heavy atom. The Morgan fingerprint density at radius 1 is 1.26 bits per heavy atom. The van der Waals surface area contributed by atoms with Crippen LogP contribution in [0.1, 0.15) is 11.3 Å². The third kappa shape index (κ3) is 3.80. The number of halogens is 1. The molecule has 2 aromatic rings. The summed E-state index contributed by atoms with van der Waals surface area (Å²) in [5.74, 6) is 4.86. The SMILES string of the molecule is OCC#Cc1ccc(OCc2ccccn2)cc1F. The number of hydrogen-bond donors (Lipinski definition) is 1. The summed E-state index contributed by atoms with van der Waals surface area (Å²) in [6.07, 6.45) is 1.67. The summed E-state index contributed by atoms with van der Waals surface area (Å²) in [4.78, 5) is 4.11. The second-order valence-corrected chi connectivity index (χ2v) is 3.71. The van der Waals surface area contributed by atoms with Gasteiger partial charge in [0.1, 0.15) is 24.8 Å². The molecule has 0 spiro atoms. The van der Waals surface area contributed by atoms with Crippen LogP contribution < -0.4 is 4.74 Å². The lowest BCUT2D eigenvalue weighted by Gasteiger charge is -2.06. The first kappa shape index (κ1) is 13.1. The molecule has 0 aliphatic rings. The molecule has 1 heterocycles. The van der Waals surface area contributed by atoms with Gasteiger partial charge in [0.15, 0.2) is 0 Å². The molecule has 0 amide bonds. The molecule has 96 valence electrons. The van der Waals surface area contributed by atoms with E-state index in [1.807, 2.05) is 18.2 Å². The highest BCUT2D eigenvalue weighted by Gasteiger charge is 2.02. The zero-order chi connectivity index (χ0) is 13.5. The summed E-state index contributed by atoms with van der Waals surface area (Å²) in [6.45, 7) is -0.0146.